The van der Waals surface area contributed by atoms with Crippen molar-refractivity contribution in [2.75, 3.05) is 24.4 Å². The second kappa shape index (κ2) is 18.1. The molecular weight excluding hydrogens is 663 g/mol. The van der Waals surface area contributed by atoms with E-state index in [1.807, 2.05) is 60.7 Å². The van der Waals surface area contributed by atoms with Crippen LogP contribution < -0.4 is 25.4 Å². The molecular formula is C41H39N3O6S. The number of phenols is 1. The Labute approximate surface area is 301 Å². The van der Waals surface area contributed by atoms with Gasteiger partial charge in [-0.25, -0.2) is 0 Å². The summed E-state index contributed by atoms with van der Waals surface area (Å²) >= 11 is 1.34. The van der Waals surface area contributed by atoms with Gasteiger partial charge in [0.25, 0.3) is 11.8 Å². The molecule has 0 aromatic heterocycles. The molecule has 5 aromatic carbocycles. The lowest BCUT2D eigenvalue weighted by molar-refractivity contribution is -0.116. The van der Waals surface area contributed by atoms with Crippen molar-refractivity contribution in [3.63, 3.8) is 0 Å². The lowest BCUT2D eigenvalue weighted by Crippen LogP contribution is -2.30. The lowest BCUT2D eigenvalue weighted by atomic mass is 10.1. The van der Waals surface area contributed by atoms with Crippen LogP contribution >= 0.6 is 11.8 Å². The fraction of sp³-hybridized carbons (Fsp3) is 0.146. The predicted octanol–water partition coefficient (Wildman–Crippen LogP) is 8.46. The maximum absolute atomic E-state index is 13.8. The highest BCUT2D eigenvalue weighted by molar-refractivity contribution is 8.00. The van der Waals surface area contributed by atoms with E-state index in [2.05, 4.69) is 22.9 Å². The Morgan fingerprint density at radius 1 is 0.804 bits per heavy atom. The molecule has 51 heavy (non-hydrogen) atoms. The van der Waals surface area contributed by atoms with Crippen LogP contribution in [-0.4, -0.2) is 36.5 Å². The molecule has 3 amide bonds. The van der Waals surface area contributed by atoms with Gasteiger partial charge in [0.2, 0.25) is 5.91 Å². The number of aromatic hydroxyl groups is 1. The third kappa shape index (κ3) is 10.5. The number of rotatable bonds is 15. The van der Waals surface area contributed by atoms with Crippen molar-refractivity contribution >= 4 is 46.9 Å². The van der Waals surface area contributed by atoms with Gasteiger partial charge in [0.15, 0.2) is 0 Å². The molecule has 5 aromatic rings. The Balaban J connectivity index is 1.36. The van der Waals surface area contributed by atoms with Crippen LogP contribution in [0.1, 0.15) is 46.5 Å². The van der Waals surface area contributed by atoms with Crippen LogP contribution in [0, 0.1) is 0 Å². The first-order valence-corrected chi connectivity index (χ1v) is 17.3. The average molecular weight is 702 g/mol. The lowest BCUT2D eigenvalue weighted by Gasteiger charge is -2.18. The summed E-state index contributed by atoms with van der Waals surface area (Å²) in [5.74, 6) is -0.226. The van der Waals surface area contributed by atoms with Crippen LogP contribution in [0.5, 0.6) is 17.2 Å². The zero-order valence-corrected chi connectivity index (χ0v) is 29.1. The second-order valence-electron chi connectivity index (χ2n) is 11.4. The number of anilines is 2. The van der Waals surface area contributed by atoms with Crippen molar-refractivity contribution < 1.29 is 29.0 Å². The second-order valence-corrected chi connectivity index (χ2v) is 12.6. The molecule has 1 unspecified atom stereocenters. The van der Waals surface area contributed by atoms with E-state index in [4.69, 9.17) is 9.47 Å². The maximum Gasteiger partial charge on any atom is 0.272 e. The van der Waals surface area contributed by atoms with Gasteiger partial charge in [0.1, 0.15) is 28.2 Å². The summed E-state index contributed by atoms with van der Waals surface area (Å²) in [6, 6.07) is 36.9. The monoisotopic (exact) mass is 701 g/mol. The van der Waals surface area contributed by atoms with Gasteiger partial charge in [-0.2, -0.15) is 0 Å². The first-order valence-electron chi connectivity index (χ1n) is 16.4. The van der Waals surface area contributed by atoms with Gasteiger partial charge in [-0.05, 0) is 84.8 Å². The fourth-order valence-electron chi connectivity index (χ4n) is 4.98. The Morgan fingerprint density at radius 3 is 2.24 bits per heavy atom. The number of carbonyl (C=O) groups excluding carboxylic acids is 3. The van der Waals surface area contributed by atoms with Gasteiger partial charge in [-0.1, -0.05) is 67.9 Å². The number of nitrogens with one attached hydrogen (secondary N) is 3. The van der Waals surface area contributed by atoms with Crippen molar-refractivity contribution in [3.8, 4) is 17.2 Å². The highest BCUT2D eigenvalue weighted by Crippen LogP contribution is 2.37. The third-order valence-corrected chi connectivity index (χ3v) is 8.87. The maximum atomic E-state index is 13.8. The highest BCUT2D eigenvalue weighted by Gasteiger charge is 2.23. The minimum atomic E-state index is -0.611. The summed E-state index contributed by atoms with van der Waals surface area (Å²) in [6.45, 7) is 2.75. The van der Waals surface area contributed by atoms with Crippen LogP contribution in [0.2, 0.25) is 0 Å². The van der Waals surface area contributed by atoms with Crippen LogP contribution in [0.25, 0.3) is 6.08 Å². The molecule has 1 atom stereocenters. The van der Waals surface area contributed by atoms with Gasteiger partial charge in [0, 0.05) is 33.5 Å². The van der Waals surface area contributed by atoms with E-state index >= 15 is 0 Å². The average Bonchev–Trinajstić information content (AvgIpc) is 3.15. The van der Waals surface area contributed by atoms with E-state index in [0.29, 0.717) is 34.9 Å². The zero-order valence-electron chi connectivity index (χ0n) is 28.3. The van der Waals surface area contributed by atoms with Gasteiger partial charge in [-0.3, -0.25) is 14.4 Å². The number of amides is 3. The molecule has 0 spiro atoms. The largest absolute Gasteiger partial charge is 0.508 e. The molecule has 4 N–H and O–H groups in total. The molecule has 0 aliphatic heterocycles. The Morgan fingerprint density at radius 2 is 1.53 bits per heavy atom. The topological polar surface area (TPSA) is 126 Å². The number of hydrogen-bond acceptors (Lipinski definition) is 7. The normalized spacial score (nSPS) is 11.6. The molecule has 260 valence electrons. The predicted molar refractivity (Wildman–Crippen MR) is 202 cm³/mol. The molecule has 0 saturated heterocycles. The van der Waals surface area contributed by atoms with Crippen LogP contribution in [0.15, 0.2) is 138 Å². The Kier molecular flexibility index (Phi) is 12.9. The first kappa shape index (κ1) is 36.3. The molecule has 0 aliphatic carbocycles. The molecule has 0 aliphatic rings. The van der Waals surface area contributed by atoms with Gasteiger partial charge >= 0.3 is 0 Å². The quantitative estimate of drug-likeness (QED) is 0.0490. The summed E-state index contributed by atoms with van der Waals surface area (Å²) in [6.07, 6.45) is 3.49. The van der Waals surface area contributed by atoms with Crippen LogP contribution in [0.3, 0.4) is 0 Å². The van der Waals surface area contributed by atoms with Crippen molar-refractivity contribution in [1.29, 1.82) is 0 Å². The smallest absolute Gasteiger partial charge is 0.272 e. The van der Waals surface area contributed by atoms with Crippen LogP contribution in [-0.2, 0) is 9.59 Å². The SMILES string of the molecule is CCCCOc1ccc(NC(=O)C(Sc2cccc(NC(=O)/C(=C\c3ccc(O)cc3OC)NC(=O)c3ccccc3)c2)c2ccccc2)cc1. The molecule has 0 heterocycles. The minimum absolute atomic E-state index is 0.00885. The number of unbranched alkanes of at least 4 members (excludes halogenated alkanes) is 1. The van der Waals surface area contributed by atoms with Gasteiger partial charge in [-0.15, -0.1) is 11.8 Å². The zero-order chi connectivity index (χ0) is 36.0. The Bertz CT molecular complexity index is 1970. The standard InChI is InChI=1S/C41H39N3O6S/c1-3-4-24-50-34-22-19-31(20-23-34)42-41(48)38(28-12-7-5-8-13-28)51-35-17-11-16-32(26-35)43-40(47)36(44-39(46)29-14-9-6-10-15-29)25-30-18-21-33(45)27-37(30)49-2/h5-23,25-27,38,45H,3-4,24H2,1-2H3,(H,42,48)(H,43,47)(H,44,46)/b36-25+. The highest BCUT2D eigenvalue weighted by atomic mass is 32.2. The van der Waals surface area contributed by atoms with Crippen molar-refractivity contribution in [3.05, 3.63) is 150 Å². The van der Waals surface area contributed by atoms with E-state index in [-0.39, 0.29) is 17.4 Å². The molecule has 10 heteroatoms. The van der Waals surface area contributed by atoms with Crippen molar-refractivity contribution in [1.82, 2.24) is 5.32 Å². The first-order chi connectivity index (χ1) is 24.8. The Hall–Kier alpha value is -6.00. The van der Waals surface area contributed by atoms with Gasteiger partial charge < -0.3 is 30.5 Å². The summed E-state index contributed by atoms with van der Waals surface area (Å²) in [5.41, 5.74) is 2.70. The fourth-order valence-corrected chi connectivity index (χ4v) is 6.06. The number of phenolic OH excluding ortho intramolecular Hbond substituents is 1. The number of thioether (sulfide) groups is 1. The molecule has 0 fully saturated rings. The van der Waals surface area contributed by atoms with E-state index in [9.17, 15) is 19.5 Å². The number of benzene rings is 5. The van der Waals surface area contributed by atoms with Crippen molar-refractivity contribution in [2.45, 2.75) is 29.9 Å². The summed E-state index contributed by atoms with van der Waals surface area (Å²) in [5, 5.41) is 17.9. The number of methoxy groups -OCH3 is 1. The molecule has 0 radical (unpaired) electrons. The number of carbonyl (C=O) groups is 3. The minimum Gasteiger partial charge on any atom is -0.508 e. The van der Waals surface area contributed by atoms with Gasteiger partial charge in [0.05, 0.1) is 13.7 Å². The summed E-state index contributed by atoms with van der Waals surface area (Å²) < 4.78 is 11.1. The number of ether oxygens (including phenoxy) is 2. The third-order valence-electron chi connectivity index (χ3n) is 7.62. The molecule has 5 rings (SSSR count). The van der Waals surface area contributed by atoms with E-state index < -0.39 is 17.1 Å². The summed E-state index contributed by atoms with van der Waals surface area (Å²) in [7, 11) is 1.45. The van der Waals surface area contributed by atoms with Crippen LogP contribution in [0.4, 0.5) is 11.4 Å². The molecule has 0 bridgehead atoms. The van der Waals surface area contributed by atoms with E-state index in [0.717, 1.165) is 29.1 Å². The van der Waals surface area contributed by atoms with E-state index in [1.54, 1.807) is 54.6 Å². The van der Waals surface area contributed by atoms with Crippen molar-refractivity contribution in [2.24, 2.45) is 0 Å². The van der Waals surface area contributed by atoms with E-state index in [1.165, 1.54) is 37.1 Å². The molecule has 0 saturated carbocycles. The number of hydrogen-bond donors (Lipinski definition) is 4. The summed E-state index contributed by atoms with van der Waals surface area (Å²) in [4.78, 5) is 41.3. The molecule has 9 nitrogen and oxygen atoms in total.